The minimum absolute atomic E-state index is 0.313. The first-order valence-electron chi connectivity index (χ1n) is 3.95. The standard InChI is InChI=1S/C7H11N3O3S/c1-5-6(14-10-8-5)7(11)9-13-4-3-12-2/h3-4H2,1-2H3,(H,9,11). The highest BCUT2D eigenvalue weighted by atomic mass is 32.1. The zero-order valence-corrected chi connectivity index (χ0v) is 8.76. The van der Waals surface area contributed by atoms with Gasteiger partial charge in [0.2, 0.25) is 0 Å². The highest BCUT2D eigenvalue weighted by Gasteiger charge is 2.12. The Balaban J connectivity index is 2.32. The number of methoxy groups -OCH3 is 1. The van der Waals surface area contributed by atoms with E-state index in [1.807, 2.05) is 0 Å². The van der Waals surface area contributed by atoms with E-state index in [9.17, 15) is 4.79 Å². The number of hydrogen-bond acceptors (Lipinski definition) is 6. The van der Waals surface area contributed by atoms with Crippen LogP contribution < -0.4 is 5.48 Å². The normalized spacial score (nSPS) is 10.1. The van der Waals surface area contributed by atoms with Gasteiger partial charge in [-0.1, -0.05) is 4.49 Å². The molecule has 0 saturated carbocycles. The fourth-order valence-electron chi connectivity index (χ4n) is 0.728. The Bertz CT molecular complexity index is 302. The number of hydrogen-bond donors (Lipinski definition) is 1. The first-order chi connectivity index (χ1) is 6.75. The number of amides is 1. The van der Waals surface area contributed by atoms with E-state index in [1.165, 1.54) is 0 Å². The van der Waals surface area contributed by atoms with E-state index >= 15 is 0 Å². The molecule has 1 amide bonds. The first kappa shape index (κ1) is 11.0. The van der Waals surface area contributed by atoms with E-state index in [2.05, 4.69) is 15.1 Å². The Morgan fingerprint density at radius 1 is 1.57 bits per heavy atom. The van der Waals surface area contributed by atoms with Crippen molar-refractivity contribution in [3.05, 3.63) is 10.6 Å². The van der Waals surface area contributed by atoms with Crippen LogP contribution in [0, 0.1) is 6.92 Å². The number of aromatic nitrogens is 2. The summed E-state index contributed by atoms with van der Waals surface area (Å²) in [5.74, 6) is -0.325. The molecule has 0 aliphatic heterocycles. The molecule has 7 heteroatoms. The number of ether oxygens (including phenoxy) is 1. The summed E-state index contributed by atoms with van der Waals surface area (Å²) in [4.78, 5) is 16.6. The van der Waals surface area contributed by atoms with Gasteiger partial charge >= 0.3 is 0 Å². The van der Waals surface area contributed by atoms with Crippen LogP contribution in [-0.2, 0) is 9.57 Å². The van der Waals surface area contributed by atoms with E-state index in [0.717, 1.165) is 11.5 Å². The molecule has 78 valence electrons. The van der Waals surface area contributed by atoms with E-state index in [4.69, 9.17) is 9.57 Å². The molecule has 1 heterocycles. The summed E-state index contributed by atoms with van der Waals surface area (Å²) in [5.41, 5.74) is 2.87. The van der Waals surface area contributed by atoms with Crippen molar-refractivity contribution in [3.63, 3.8) is 0 Å². The zero-order valence-electron chi connectivity index (χ0n) is 7.94. The molecule has 0 bridgehead atoms. The van der Waals surface area contributed by atoms with Crippen LogP contribution >= 0.6 is 11.5 Å². The van der Waals surface area contributed by atoms with Gasteiger partial charge in [-0.3, -0.25) is 9.63 Å². The summed E-state index contributed by atoms with van der Waals surface area (Å²) >= 11 is 1.04. The maximum atomic E-state index is 11.3. The van der Waals surface area contributed by atoms with Crippen molar-refractivity contribution >= 4 is 17.4 Å². The Morgan fingerprint density at radius 2 is 2.36 bits per heavy atom. The molecule has 0 aliphatic carbocycles. The third-order valence-corrected chi connectivity index (χ3v) is 2.24. The molecular formula is C7H11N3O3S. The Hall–Kier alpha value is -1.05. The van der Waals surface area contributed by atoms with Crippen molar-refractivity contribution in [2.75, 3.05) is 20.3 Å². The molecule has 1 N–H and O–H groups in total. The monoisotopic (exact) mass is 217 g/mol. The maximum absolute atomic E-state index is 11.3. The Morgan fingerprint density at radius 3 is 2.93 bits per heavy atom. The van der Waals surface area contributed by atoms with Crippen molar-refractivity contribution in [3.8, 4) is 0 Å². The molecule has 0 atom stereocenters. The number of carbonyl (C=O) groups is 1. The summed E-state index contributed by atoms with van der Waals surface area (Å²) in [5, 5.41) is 3.71. The Labute approximate surface area is 85.3 Å². The lowest BCUT2D eigenvalue weighted by Crippen LogP contribution is -2.25. The lowest BCUT2D eigenvalue weighted by molar-refractivity contribution is 0.00910. The predicted molar refractivity (Wildman–Crippen MR) is 49.9 cm³/mol. The third kappa shape index (κ3) is 3.02. The Kier molecular flexibility index (Phi) is 4.44. The highest BCUT2D eigenvalue weighted by Crippen LogP contribution is 2.07. The largest absolute Gasteiger partial charge is 0.382 e. The number of aryl methyl sites for hydroxylation is 1. The van der Waals surface area contributed by atoms with E-state index in [0.29, 0.717) is 23.8 Å². The minimum atomic E-state index is -0.325. The van der Waals surface area contributed by atoms with Crippen LogP contribution in [-0.4, -0.2) is 35.8 Å². The summed E-state index contributed by atoms with van der Waals surface area (Å²) in [7, 11) is 1.56. The molecule has 6 nitrogen and oxygen atoms in total. The van der Waals surface area contributed by atoms with Crippen LogP contribution in [0.3, 0.4) is 0 Å². The molecule has 1 aromatic rings. The van der Waals surface area contributed by atoms with Gasteiger partial charge < -0.3 is 4.74 Å². The van der Waals surface area contributed by atoms with Gasteiger partial charge in [0.25, 0.3) is 5.91 Å². The highest BCUT2D eigenvalue weighted by molar-refractivity contribution is 7.07. The third-order valence-electron chi connectivity index (χ3n) is 1.41. The van der Waals surface area contributed by atoms with Gasteiger partial charge in [-0.15, -0.1) is 5.10 Å². The van der Waals surface area contributed by atoms with Gasteiger partial charge in [0.05, 0.1) is 18.9 Å². The molecular weight excluding hydrogens is 206 g/mol. The molecule has 1 aromatic heterocycles. The fourth-order valence-corrected chi connectivity index (χ4v) is 1.27. The van der Waals surface area contributed by atoms with Crippen molar-refractivity contribution in [1.82, 2.24) is 15.1 Å². The van der Waals surface area contributed by atoms with Gasteiger partial charge in [-0.2, -0.15) is 0 Å². The number of carbonyl (C=O) groups excluding carboxylic acids is 1. The molecule has 0 fully saturated rings. The lowest BCUT2D eigenvalue weighted by Gasteiger charge is -2.03. The number of hydroxylamine groups is 1. The van der Waals surface area contributed by atoms with E-state index < -0.39 is 0 Å². The van der Waals surface area contributed by atoms with Gasteiger partial charge in [0, 0.05) is 7.11 Å². The summed E-state index contributed by atoms with van der Waals surface area (Å²) in [6.45, 7) is 2.46. The summed E-state index contributed by atoms with van der Waals surface area (Å²) in [6.07, 6.45) is 0. The van der Waals surface area contributed by atoms with Crippen LogP contribution in [0.25, 0.3) is 0 Å². The van der Waals surface area contributed by atoms with Crippen LogP contribution in [0.2, 0.25) is 0 Å². The van der Waals surface area contributed by atoms with Crippen molar-refractivity contribution in [2.24, 2.45) is 0 Å². The minimum Gasteiger partial charge on any atom is -0.382 e. The second-order valence-electron chi connectivity index (χ2n) is 2.46. The zero-order chi connectivity index (χ0) is 10.4. The second kappa shape index (κ2) is 5.63. The lowest BCUT2D eigenvalue weighted by atomic mass is 10.4. The fraction of sp³-hybridized carbons (Fsp3) is 0.571. The maximum Gasteiger partial charge on any atom is 0.288 e. The van der Waals surface area contributed by atoms with Gasteiger partial charge in [-0.05, 0) is 18.5 Å². The number of nitrogens with zero attached hydrogens (tertiary/aromatic N) is 2. The van der Waals surface area contributed by atoms with Gasteiger partial charge in [0.1, 0.15) is 4.88 Å². The van der Waals surface area contributed by atoms with Gasteiger partial charge in [0.15, 0.2) is 0 Å². The second-order valence-corrected chi connectivity index (χ2v) is 3.21. The molecule has 14 heavy (non-hydrogen) atoms. The van der Waals surface area contributed by atoms with E-state index in [1.54, 1.807) is 14.0 Å². The van der Waals surface area contributed by atoms with Gasteiger partial charge in [-0.25, -0.2) is 5.48 Å². The van der Waals surface area contributed by atoms with Crippen molar-refractivity contribution in [2.45, 2.75) is 6.92 Å². The number of rotatable bonds is 5. The average Bonchev–Trinajstić information content (AvgIpc) is 2.59. The van der Waals surface area contributed by atoms with E-state index in [-0.39, 0.29) is 5.91 Å². The molecule has 0 unspecified atom stereocenters. The summed E-state index contributed by atoms with van der Waals surface area (Å²) in [6, 6.07) is 0. The molecule has 0 spiro atoms. The quantitative estimate of drug-likeness (QED) is 0.561. The van der Waals surface area contributed by atoms with Crippen LogP contribution in [0.4, 0.5) is 0 Å². The average molecular weight is 217 g/mol. The predicted octanol–water partition coefficient (Wildman–Crippen LogP) is 0.154. The van der Waals surface area contributed by atoms with Crippen molar-refractivity contribution < 1.29 is 14.4 Å². The molecule has 0 aromatic carbocycles. The molecule has 0 saturated heterocycles. The van der Waals surface area contributed by atoms with Crippen LogP contribution in [0.1, 0.15) is 15.4 Å². The SMILES string of the molecule is COCCONC(=O)c1snnc1C. The molecule has 0 radical (unpaired) electrons. The summed E-state index contributed by atoms with van der Waals surface area (Å²) < 4.78 is 8.38. The van der Waals surface area contributed by atoms with Crippen molar-refractivity contribution in [1.29, 1.82) is 0 Å². The number of nitrogens with one attached hydrogen (secondary N) is 1. The molecule has 0 aliphatic rings. The topological polar surface area (TPSA) is 73.3 Å². The smallest absolute Gasteiger partial charge is 0.288 e. The van der Waals surface area contributed by atoms with Crippen LogP contribution in [0.15, 0.2) is 0 Å². The van der Waals surface area contributed by atoms with Crippen LogP contribution in [0.5, 0.6) is 0 Å². The molecule has 1 rings (SSSR count). The first-order valence-corrected chi connectivity index (χ1v) is 4.73.